The maximum Gasteiger partial charge on any atom is 0.356 e. The van der Waals surface area contributed by atoms with Crippen molar-refractivity contribution >= 4 is 11.8 Å². The molecule has 1 saturated heterocycles. The van der Waals surface area contributed by atoms with Crippen LogP contribution in [0, 0.1) is 5.82 Å². The van der Waals surface area contributed by atoms with Gasteiger partial charge in [0.15, 0.2) is 5.69 Å². The van der Waals surface area contributed by atoms with Crippen LogP contribution in [0.4, 0.5) is 10.2 Å². The van der Waals surface area contributed by atoms with Crippen LogP contribution in [0.15, 0.2) is 30.5 Å². The summed E-state index contributed by atoms with van der Waals surface area (Å²) in [5.74, 6) is -0.818. The average molecular weight is 374 g/mol. The highest BCUT2D eigenvalue weighted by Crippen LogP contribution is 2.20. The maximum atomic E-state index is 13.1. The van der Waals surface area contributed by atoms with E-state index in [9.17, 15) is 14.3 Å². The van der Waals surface area contributed by atoms with Crippen molar-refractivity contribution in [2.45, 2.75) is 39.2 Å². The first-order valence-corrected chi connectivity index (χ1v) is 9.30. The summed E-state index contributed by atoms with van der Waals surface area (Å²) >= 11 is 0. The molecule has 0 radical (unpaired) electrons. The van der Waals surface area contributed by atoms with Gasteiger partial charge in [0.25, 0.3) is 0 Å². The lowest BCUT2D eigenvalue weighted by Crippen LogP contribution is -2.37. The molecule has 0 spiro atoms. The predicted molar refractivity (Wildman–Crippen MR) is 104 cm³/mol. The highest BCUT2D eigenvalue weighted by Gasteiger charge is 2.19. The molecule has 0 saturated carbocycles. The zero-order valence-electron chi connectivity index (χ0n) is 16.1. The zero-order chi connectivity index (χ0) is 19.8. The number of benzene rings is 1. The second-order valence-corrected chi connectivity index (χ2v) is 6.38. The monoisotopic (exact) mass is 374 g/mol. The molecule has 3 rings (SSSR count). The third-order valence-corrected chi connectivity index (χ3v) is 4.41. The van der Waals surface area contributed by atoms with Gasteiger partial charge in [-0.1, -0.05) is 26.0 Å². The Morgan fingerprint density at radius 1 is 1.26 bits per heavy atom. The molecule has 2 heterocycles. The van der Waals surface area contributed by atoms with Crippen molar-refractivity contribution in [3.05, 3.63) is 53.2 Å². The SMILES string of the molecule is CC.CN1CCC(Nc2ncc(C(=O)O)nc2Cc2ccc(F)cc2)CC1. The third-order valence-electron chi connectivity index (χ3n) is 4.41. The Labute approximate surface area is 159 Å². The first-order valence-electron chi connectivity index (χ1n) is 9.30. The van der Waals surface area contributed by atoms with E-state index >= 15 is 0 Å². The average Bonchev–Trinajstić information content (AvgIpc) is 2.68. The van der Waals surface area contributed by atoms with Crippen LogP contribution >= 0.6 is 0 Å². The minimum Gasteiger partial charge on any atom is -0.476 e. The number of anilines is 1. The van der Waals surface area contributed by atoms with Crippen molar-refractivity contribution in [3.8, 4) is 0 Å². The maximum absolute atomic E-state index is 13.1. The van der Waals surface area contributed by atoms with Crippen LogP contribution in [0.3, 0.4) is 0 Å². The summed E-state index contributed by atoms with van der Waals surface area (Å²) in [5.41, 5.74) is 1.32. The van der Waals surface area contributed by atoms with Crippen LogP contribution in [0.1, 0.15) is 48.4 Å². The second-order valence-electron chi connectivity index (χ2n) is 6.38. The van der Waals surface area contributed by atoms with Crippen molar-refractivity contribution in [2.75, 3.05) is 25.5 Å². The molecule has 0 aliphatic carbocycles. The largest absolute Gasteiger partial charge is 0.476 e. The summed E-state index contributed by atoms with van der Waals surface area (Å²) in [6.45, 7) is 6.01. The van der Waals surface area contributed by atoms with Gasteiger partial charge in [0.05, 0.1) is 11.9 Å². The summed E-state index contributed by atoms with van der Waals surface area (Å²) in [5, 5.41) is 12.6. The molecule has 0 atom stereocenters. The van der Waals surface area contributed by atoms with E-state index in [1.807, 2.05) is 13.8 Å². The Kier molecular flexibility index (Phi) is 7.67. The molecule has 0 unspecified atom stereocenters. The number of piperidine rings is 1. The van der Waals surface area contributed by atoms with Crippen LogP contribution in [-0.2, 0) is 6.42 Å². The quantitative estimate of drug-likeness (QED) is 0.835. The van der Waals surface area contributed by atoms with Gasteiger partial charge in [-0.25, -0.2) is 19.2 Å². The fourth-order valence-corrected chi connectivity index (χ4v) is 2.92. The zero-order valence-corrected chi connectivity index (χ0v) is 16.1. The molecular formula is C20H27FN4O2. The van der Waals surface area contributed by atoms with E-state index in [2.05, 4.69) is 27.2 Å². The Morgan fingerprint density at radius 3 is 2.48 bits per heavy atom. The summed E-state index contributed by atoms with van der Waals surface area (Å²) in [7, 11) is 2.09. The standard InChI is InChI=1S/C18H21FN4O2.C2H6/c1-23-8-6-14(7-9-23)21-17-15(22-16(11-20-17)18(24)25)10-12-2-4-13(19)5-3-12;1-2/h2-5,11,14H,6-10H2,1H3,(H,20,21)(H,24,25);1-2H3. The van der Waals surface area contributed by atoms with Gasteiger partial charge in [-0.05, 0) is 50.7 Å². The summed E-state index contributed by atoms with van der Waals surface area (Å²) in [6.07, 6.45) is 3.65. The van der Waals surface area contributed by atoms with Gasteiger partial charge in [-0.15, -0.1) is 0 Å². The number of nitrogens with zero attached hydrogens (tertiary/aromatic N) is 3. The van der Waals surface area contributed by atoms with Gasteiger partial charge in [0.2, 0.25) is 0 Å². The van der Waals surface area contributed by atoms with Gasteiger partial charge in [0.1, 0.15) is 11.6 Å². The molecule has 1 aliphatic heterocycles. The topological polar surface area (TPSA) is 78.4 Å². The number of carboxylic acids is 1. The minimum atomic E-state index is -1.11. The second kappa shape index (κ2) is 9.97. The Morgan fingerprint density at radius 2 is 1.89 bits per heavy atom. The third kappa shape index (κ3) is 5.99. The van der Waals surface area contributed by atoms with Crippen LogP contribution < -0.4 is 5.32 Å². The van der Waals surface area contributed by atoms with Crippen molar-refractivity contribution in [2.24, 2.45) is 0 Å². The molecule has 1 aromatic carbocycles. The first kappa shape index (κ1) is 20.8. The van der Waals surface area contributed by atoms with Crippen molar-refractivity contribution in [1.82, 2.24) is 14.9 Å². The molecule has 146 valence electrons. The number of carboxylic acid groups (broad SMARTS) is 1. The van der Waals surface area contributed by atoms with E-state index < -0.39 is 5.97 Å². The number of halogens is 1. The number of likely N-dealkylation sites (tertiary alicyclic amines) is 1. The van der Waals surface area contributed by atoms with E-state index in [0.29, 0.717) is 17.9 Å². The molecule has 7 heteroatoms. The van der Waals surface area contributed by atoms with Crippen molar-refractivity contribution < 1.29 is 14.3 Å². The van der Waals surface area contributed by atoms with E-state index in [1.165, 1.54) is 18.3 Å². The van der Waals surface area contributed by atoms with E-state index in [0.717, 1.165) is 31.5 Å². The Hall–Kier alpha value is -2.54. The van der Waals surface area contributed by atoms with Gasteiger partial charge in [-0.3, -0.25) is 0 Å². The Balaban J connectivity index is 0.00000126. The number of nitrogens with one attached hydrogen (secondary N) is 1. The molecule has 0 amide bonds. The summed E-state index contributed by atoms with van der Waals surface area (Å²) < 4.78 is 13.1. The number of aromatic carboxylic acids is 1. The molecule has 1 aromatic heterocycles. The van der Waals surface area contributed by atoms with Crippen molar-refractivity contribution in [1.29, 1.82) is 0 Å². The highest BCUT2D eigenvalue weighted by molar-refractivity contribution is 5.85. The molecule has 2 aromatic rings. The highest BCUT2D eigenvalue weighted by atomic mass is 19.1. The number of hydrogen-bond donors (Lipinski definition) is 2. The number of carbonyl (C=O) groups is 1. The normalized spacial score (nSPS) is 15.0. The van der Waals surface area contributed by atoms with Crippen LogP contribution in [-0.4, -0.2) is 52.1 Å². The van der Waals surface area contributed by atoms with Crippen LogP contribution in [0.25, 0.3) is 0 Å². The van der Waals surface area contributed by atoms with Gasteiger partial charge in [-0.2, -0.15) is 0 Å². The Bertz CT molecular complexity index is 744. The number of rotatable bonds is 5. The molecule has 0 bridgehead atoms. The van der Waals surface area contributed by atoms with Gasteiger partial charge >= 0.3 is 5.97 Å². The fraction of sp³-hybridized carbons (Fsp3) is 0.450. The smallest absolute Gasteiger partial charge is 0.356 e. The van der Waals surface area contributed by atoms with E-state index in [1.54, 1.807) is 12.1 Å². The van der Waals surface area contributed by atoms with E-state index in [4.69, 9.17) is 0 Å². The van der Waals surface area contributed by atoms with Gasteiger partial charge in [0, 0.05) is 12.5 Å². The lowest BCUT2D eigenvalue weighted by molar-refractivity contribution is 0.0689. The van der Waals surface area contributed by atoms with Crippen molar-refractivity contribution in [3.63, 3.8) is 0 Å². The molecular weight excluding hydrogens is 347 g/mol. The number of hydrogen-bond acceptors (Lipinski definition) is 5. The molecule has 6 nitrogen and oxygen atoms in total. The van der Waals surface area contributed by atoms with Crippen LogP contribution in [0.5, 0.6) is 0 Å². The minimum absolute atomic E-state index is 0.0916. The lowest BCUT2D eigenvalue weighted by Gasteiger charge is -2.30. The molecule has 27 heavy (non-hydrogen) atoms. The molecule has 2 N–H and O–H groups in total. The number of aromatic nitrogens is 2. The predicted octanol–water partition coefficient (Wildman–Crippen LogP) is 3.44. The summed E-state index contributed by atoms with van der Waals surface area (Å²) in [6, 6.07) is 6.39. The summed E-state index contributed by atoms with van der Waals surface area (Å²) in [4.78, 5) is 22.0. The van der Waals surface area contributed by atoms with Crippen LogP contribution in [0.2, 0.25) is 0 Å². The lowest BCUT2D eigenvalue weighted by atomic mass is 10.0. The first-order chi connectivity index (χ1) is 13.0. The molecule has 1 fully saturated rings. The van der Waals surface area contributed by atoms with E-state index in [-0.39, 0.29) is 17.6 Å². The fourth-order valence-electron chi connectivity index (χ4n) is 2.92. The molecule has 1 aliphatic rings. The van der Waals surface area contributed by atoms with Gasteiger partial charge < -0.3 is 15.3 Å².